The monoisotopic (exact) mass is 519 g/mol. The number of rotatable bonds is 5. The van der Waals surface area contributed by atoms with Gasteiger partial charge in [-0.2, -0.15) is 0 Å². The number of aryl methyl sites for hydroxylation is 2. The van der Waals surface area contributed by atoms with Crippen LogP contribution in [0, 0.1) is 12.8 Å². The fourth-order valence-corrected chi connectivity index (χ4v) is 5.70. The van der Waals surface area contributed by atoms with Gasteiger partial charge >= 0.3 is 0 Å². The van der Waals surface area contributed by atoms with Crippen LogP contribution in [0.2, 0.25) is 0 Å². The number of anilines is 1. The number of carbonyl (C=O) groups is 3. The second-order valence-corrected chi connectivity index (χ2v) is 10.8. The van der Waals surface area contributed by atoms with Gasteiger partial charge in [-0.15, -0.1) is 11.3 Å². The largest absolute Gasteiger partial charge is 0.364 e. The predicted octanol–water partition coefficient (Wildman–Crippen LogP) is 2.59. The van der Waals surface area contributed by atoms with E-state index in [0.717, 1.165) is 27.0 Å². The summed E-state index contributed by atoms with van der Waals surface area (Å²) in [7, 11) is 5.31. The molecule has 0 radical (unpaired) electrons. The van der Waals surface area contributed by atoms with E-state index in [4.69, 9.17) is 5.73 Å². The Bertz CT molecular complexity index is 1450. The van der Waals surface area contributed by atoms with Crippen LogP contribution in [0.4, 0.5) is 5.69 Å². The van der Waals surface area contributed by atoms with Crippen LogP contribution in [0.25, 0.3) is 16.3 Å². The molecule has 0 saturated carbocycles. The lowest BCUT2D eigenvalue weighted by Crippen LogP contribution is -2.46. The third kappa shape index (κ3) is 4.82. The van der Waals surface area contributed by atoms with Crippen molar-refractivity contribution in [3.05, 3.63) is 64.2 Å². The van der Waals surface area contributed by atoms with Crippen LogP contribution in [-0.4, -0.2) is 57.3 Å². The van der Waals surface area contributed by atoms with Crippen molar-refractivity contribution in [2.75, 3.05) is 19.5 Å². The Morgan fingerprint density at radius 2 is 2.03 bits per heavy atom. The van der Waals surface area contributed by atoms with Crippen LogP contribution in [0.3, 0.4) is 0 Å². The number of benzene rings is 1. The summed E-state index contributed by atoms with van der Waals surface area (Å²) in [6.07, 6.45) is 8.21. The molecule has 37 heavy (non-hydrogen) atoms. The van der Waals surface area contributed by atoms with Crippen molar-refractivity contribution in [3.63, 3.8) is 0 Å². The zero-order chi connectivity index (χ0) is 26.4. The lowest BCUT2D eigenvalue weighted by Gasteiger charge is -2.38. The van der Waals surface area contributed by atoms with E-state index < -0.39 is 11.8 Å². The van der Waals surface area contributed by atoms with Gasteiger partial charge in [-0.25, -0.2) is 4.98 Å². The molecule has 0 fully saturated rings. The summed E-state index contributed by atoms with van der Waals surface area (Å²) in [6.45, 7) is 1.98. The van der Waals surface area contributed by atoms with Crippen molar-refractivity contribution in [2.24, 2.45) is 18.7 Å². The summed E-state index contributed by atoms with van der Waals surface area (Å²) < 4.78 is 2.83. The van der Waals surface area contributed by atoms with E-state index in [1.165, 1.54) is 16.2 Å². The number of nitrogens with zero attached hydrogens (tertiary/aromatic N) is 4. The van der Waals surface area contributed by atoms with Crippen molar-refractivity contribution >= 4 is 51.0 Å². The maximum atomic E-state index is 13.1. The van der Waals surface area contributed by atoms with Gasteiger partial charge in [-0.3, -0.25) is 24.8 Å². The fourth-order valence-electron chi connectivity index (χ4n) is 4.77. The predicted molar refractivity (Wildman–Crippen MR) is 143 cm³/mol. The molecular formula is C26H29N7O3S. The first kappa shape index (κ1) is 24.6. The topological polar surface area (TPSA) is 126 Å². The van der Waals surface area contributed by atoms with Crippen LogP contribution in [-0.2, 0) is 16.6 Å². The number of carbonyl (C=O) groups excluding carboxylic acids is 3. The lowest BCUT2D eigenvalue weighted by atomic mass is 9.88. The van der Waals surface area contributed by atoms with Crippen molar-refractivity contribution in [1.82, 2.24) is 24.8 Å². The van der Waals surface area contributed by atoms with E-state index in [1.807, 2.05) is 55.2 Å². The van der Waals surface area contributed by atoms with E-state index in [0.29, 0.717) is 23.5 Å². The first-order valence-corrected chi connectivity index (χ1v) is 12.7. The number of amides is 3. The lowest BCUT2D eigenvalue weighted by molar-refractivity contribution is -0.132. The Kier molecular flexibility index (Phi) is 6.24. The van der Waals surface area contributed by atoms with Gasteiger partial charge in [0.1, 0.15) is 5.70 Å². The number of fused-ring (bicyclic) bond motifs is 2. The van der Waals surface area contributed by atoms with Gasteiger partial charge in [-0.05, 0) is 31.1 Å². The summed E-state index contributed by atoms with van der Waals surface area (Å²) in [5.74, 6) is -1.47. The quantitative estimate of drug-likeness (QED) is 0.476. The minimum atomic E-state index is -0.601. The van der Waals surface area contributed by atoms with Gasteiger partial charge in [0.2, 0.25) is 5.91 Å². The van der Waals surface area contributed by atoms with E-state index in [9.17, 15) is 14.4 Å². The first-order chi connectivity index (χ1) is 17.6. The molecule has 2 unspecified atom stereocenters. The van der Waals surface area contributed by atoms with E-state index in [1.54, 1.807) is 25.2 Å². The average molecular weight is 520 g/mol. The highest BCUT2D eigenvalue weighted by atomic mass is 32.1. The molecule has 1 aliphatic heterocycles. The third-order valence-corrected chi connectivity index (χ3v) is 7.52. The SMILES string of the molecule is Cc1ccc2c(c1)NN(C1=CC(C(=O)N(C)C)CC(NC(=O)c3nc4cn(C)cc4s3)C1)C(C(N)=O)=C2. The summed E-state index contributed by atoms with van der Waals surface area (Å²) >= 11 is 1.33. The highest BCUT2D eigenvalue weighted by molar-refractivity contribution is 7.20. The minimum Gasteiger partial charge on any atom is -0.364 e. The molecule has 2 aliphatic rings. The molecule has 3 amide bonds. The molecule has 11 heteroatoms. The van der Waals surface area contributed by atoms with Gasteiger partial charge in [0.05, 0.1) is 21.8 Å². The first-order valence-electron chi connectivity index (χ1n) is 11.9. The molecule has 0 bridgehead atoms. The van der Waals surface area contributed by atoms with Gasteiger partial charge in [0, 0.05) is 57.3 Å². The standard InChI is InChI=1S/C26H29N7O3S/c1-14-5-6-15-10-21(23(27)34)33(30-19(15)7-14)18-9-16(26(36)31(2)3)8-17(11-18)28-24(35)25-29-20-12-32(4)13-22(20)37-25/h5-7,9-10,12-13,16-17,30H,8,11H2,1-4H3,(H2,27,34)(H,28,35). The van der Waals surface area contributed by atoms with E-state index in [2.05, 4.69) is 15.7 Å². The highest BCUT2D eigenvalue weighted by Gasteiger charge is 2.34. The summed E-state index contributed by atoms with van der Waals surface area (Å²) in [6, 6.07) is 5.51. The highest BCUT2D eigenvalue weighted by Crippen LogP contribution is 2.35. The number of nitrogens with one attached hydrogen (secondary N) is 2. The maximum Gasteiger partial charge on any atom is 0.280 e. The molecule has 10 nitrogen and oxygen atoms in total. The molecular weight excluding hydrogens is 490 g/mol. The Morgan fingerprint density at radius 3 is 2.73 bits per heavy atom. The zero-order valence-electron chi connectivity index (χ0n) is 21.1. The van der Waals surface area contributed by atoms with Gasteiger partial charge < -0.3 is 20.5 Å². The van der Waals surface area contributed by atoms with Crippen molar-refractivity contribution < 1.29 is 14.4 Å². The Morgan fingerprint density at radius 1 is 1.24 bits per heavy atom. The van der Waals surface area contributed by atoms with Gasteiger partial charge in [0.25, 0.3) is 11.8 Å². The molecule has 0 spiro atoms. The number of hydrogen-bond acceptors (Lipinski definition) is 7. The second kappa shape index (κ2) is 9.40. The molecule has 3 heterocycles. The Hall–Kier alpha value is -4.12. The maximum absolute atomic E-state index is 13.1. The summed E-state index contributed by atoms with van der Waals surface area (Å²) in [4.78, 5) is 44.6. The summed E-state index contributed by atoms with van der Waals surface area (Å²) in [5, 5.41) is 5.07. The molecule has 2 atom stereocenters. The van der Waals surface area contributed by atoms with E-state index >= 15 is 0 Å². The normalized spacial score (nSPS) is 19.0. The van der Waals surface area contributed by atoms with Crippen LogP contribution in [0.1, 0.15) is 33.8 Å². The van der Waals surface area contributed by atoms with E-state index in [-0.39, 0.29) is 23.6 Å². The number of hydrogen-bond donors (Lipinski definition) is 3. The summed E-state index contributed by atoms with van der Waals surface area (Å²) in [5.41, 5.74) is 13.5. The average Bonchev–Trinajstić information content (AvgIpc) is 3.40. The second-order valence-electron chi connectivity index (χ2n) is 9.73. The number of thiazole rings is 1. The minimum absolute atomic E-state index is 0.0882. The van der Waals surface area contributed by atoms with Crippen LogP contribution in [0.15, 0.2) is 48.1 Å². The molecule has 1 aliphatic carbocycles. The molecule has 5 rings (SSSR count). The molecule has 1 aromatic carbocycles. The smallest absolute Gasteiger partial charge is 0.280 e. The zero-order valence-corrected chi connectivity index (χ0v) is 21.9. The fraction of sp³-hybridized carbons (Fsp3) is 0.308. The number of nitrogens with two attached hydrogens (primary N) is 1. The van der Waals surface area contributed by atoms with Gasteiger partial charge in [-0.1, -0.05) is 18.2 Å². The number of primary amides is 1. The molecule has 3 aromatic rings. The van der Waals surface area contributed by atoms with Gasteiger partial charge in [0.15, 0.2) is 5.01 Å². The molecule has 2 aromatic heterocycles. The Labute approximate surface area is 218 Å². The number of aromatic nitrogens is 2. The third-order valence-electron chi connectivity index (χ3n) is 6.52. The number of hydrazine groups is 1. The van der Waals surface area contributed by atoms with Crippen molar-refractivity contribution in [2.45, 2.75) is 25.8 Å². The molecule has 4 N–H and O–H groups in total. The van der Waals surface area contributed by atoms with Crippen molar-refractivity contribution in [1.29, 1.82) is 0 Å². The molecule has 0 saturated heterocycles. The molecule has 192 valence electrons. The Balaban J connectivity index is 1.45. The van der Waals surface area contributed by atoms with Crippen LogP contribution < -0.4 is 16.5 Å². The van der Waals surface area contributed by atoms with Crippen LogP contribution >= 0.6 is 11.3 Å². The van der Waals surface area contributed by atoms with Crippen LogP contribution in [0.5, 0.6) is 0 Å². The van der Waals surface area contributed by atoms with Crippen molar-refractivity contribution in [3.8, 4) is 0 Å².